The second kappa shape index (κ2) is 8.92. The summed E-state index contributed by atoms with van der Waals surface area (Å²) in [5, 5.41) is 8.93. The maximum absolute atomic E-state index is 12.1. The zero-order chi connectivity index (χ0) is 15.8. The van der Waals surface area contributed by atoms with Crippen molar-refractivity contribution >= 4 is 29.5 Å². The Bertz CT molecular complexity index is 381. The molecule has 0 aliphatic carbocycles. The molecule has 1 N–H and O–H groups in total. The number of hydrogen-bond donors (Lipinski definition) is 1. The fraction of sp³-hybridized carbons (Fsp3) is 0.786. The number of carboxylic acids is 1. The number of hydrogen-bond acceptors (Lipinski definition) is 4. The molecule has 0 aromatic heterocycles. The summed E-state index contributed by atoms with van der Waals surface area (Å²) >= 11 is 1.57. The van der Waals surface area contributed by atoms with Crippen molar-refractivity contribution in [2.75, 3.05) is 38.2 Å². The molecule has 1 rings (SSSR count). The molecule has 2 amide bonds. The lowest BCUT2D eigenvalue weighted by molar-refractivity contribution is -0.146. The normalized spacial score (nSPS) is 15.8. The van der Waals surface area contributed by atoms with E-state index in [1.165, 1.54) is 4.90 Å². The molecule has 0 spiro atoms. The molecule has 0 bridgehead atoms. The summed E-state index contributed by atoms with van der Waals surface area (Å²) < 4.78 is 0. The van der Waals surface area contributed by atoms with E-state index in [1.807, 2.05) is 0 Å². The molecule has 0 aromatic rings. The van der Waals surface area contributed by atoms with E-state index >= 15 is 0 Å². The van der Waals surface area contributed by atoms with Crippen LogP contribution in [-0.2, 0) is 14.4 Å². The summed E-state index contributed by atoms with van der Waals surface area (Å²) in [6.45, 7) is 3.06. The predicted octanol–water partition coefficient (Wildman–Crippen LogP) is 0.911. The van der Waals surface area contributed by atoms with Crippen LogP contribution < -0.4 is 0 Å². The SMILES string of the molecule is CCCSCC(=O)N(C)CC(=O)N1CCC(C(=O)O)CC1. The van der Waals surface area contributed by atoms with E-state index in [1.54, 1.807) is 23.7 Å². The van der Waals surface area contributed by atoms with E-state index in [0.29, 0.717) is 31.7 Å². The van der Waals surface area contributed by atoms with Gasteiger partial charge in [0.25, 0.3) is 0 Å². The van der Waals surface area contributed by atoms with Crippen molar-refractivity contribution in [2.24, 2.45) is 5.92 Å². The van der Waals surface area contributed by atoms with Crippen LogP contribution in [0.1, 0.15) is 26.2 Å². The van der Waals surface area contributed by atoms with Gasteiger partial charge >= 0.3 is 5.97 Å². The van der Waals surface area contributed by atoms with Gasteiger partial charge in [0.1, 0.15) is 0 Å². The molecule has 6 nitrogen and oxygen atoms in total. The predicted molar refractivity (Wildman–Crippen MR) is 82.2 cm³/mol. The third-order valence-electron chi connectivity index (χ3n) is 3.57. The molecule has 1 aliphatic heterocycles. The minimum absolute atomic E-state index is 0.0396. The van der Waals surface area contributed by atoms with E-state index in [4.69, 9.17) is 5.11 Å². The third kappa shape index (κ3) is 5.95. The molecule has 120 valence electrons. The first-order chi connectivity index (χ1) is 9.95. The average Bonchev–Trinajstić information content (AvgIpc) is 2.47. The summed E-state index contributed by atoms with van der Waals surface area (Å²) in [7, 11) is 1.64. The van der Waals surface area contributed by atoms with Gasteiger partial charge in [-0.15, -0.1) is 0 Å². The van der Waals surface area contributed by atoms with Crippen molar-refractivity contribution < 1.29 is 19.5 Å². The smallest absolute Gasteiger partial charge is 0.306 e. The first-order valence-corrected chi connectivity index (χ1v) is 8.43. The largest absolute Gasteiger partial charge is 0.481 e. The Hall–Kier alpha value is -1.24. The Labute approximate surface area is 129 Å². The van der Waals surface area contributed by atoms with Gasteiger partial charge in [-0.25, -0.2) is 0 Å². The number of carboxylic acid groups (broad SMARTS) is 1. The number of likely N-dealkylation sites (tertiary alicyclic amines) is 1. The minimum atomic E-state index is -0.789. The van der Waals surface area contributed by atoms with Gasteiger partial charge in [0.2, 0.25) is 11.8 Å². The number of likely N-dealkylation sites (N-methyl/N-ethyl adjacent to an activating group) is 1. The first kappa shape index (κ1) is 17.8. The first-order valence-electron chi connectivity index (χ1n) is 7.28. The Morgan fingerprint density at radius 2 is 1.90 bits per heavy atom. The number of aliphatic carboxylic acids is 1. The van der Waals surface area contributed by atoms with Gasteiger partial charge in [0.15, 0.2) is 0 Å². The third-order valence-corrected chi connectivity index (χ3v) is 4.72. The quantitative estimate of drug-likeness (QED) is 0.706. The standard InChI is InChI=1S/C14H24N2O4S/c1-3-8-21-10-13(18)15(2)9-12(17)16-6-4-11(5-7-16)14(19)20/h11H,3-10H2,1-2H3,(H,19,20). The molecule has 7 heteroatoms. The number of thioether (sulfide) groups is 1. The minimum Gasteiger partial charge on any atom is -0.481 e. The van der Waals surface area contributed by atoms with Crippen molar-refractivity contribution in [1.29, 1.82) is 0 Å². The fourth-order valence-electron chi connectivity index (χ4n) is 2.18. The lowest BCUT2D eigenvalue weighted by atomic mass is 9.97. The molecule has 1 saturated heterocycles. The monoisotopic (exact) mass is 316 g/mol. The van der Waals surface area contributed by atoms with Crippen LogP contribution in [0.15, 0.2) is 0 Å². The fourth-order valence-corrected chi connectivity index (χ4v) is 3.01. The summed E-state index contributed by atoms with van der Waals surface area (Å²) in [5.41, 5.74) is 0. The van der Waals surface area contributed by atoms with E-state index in [0.717, 1.165) is 12.2 Å². The van der Waals surface area contributed by atoms with Crippen LogP contribution in [0.25, 0.3) is 0 Å². The van der Waals surface area contributed by atoms with Gasteiger partial charge in [-0.2, -0.15) is 11.8 Å². The zero-order valence-electron chi connectivity index (χ0n) is 12.7. The number of piperidine rings is 1. The van der Waals surface area contributed by atoms with Gasteiger partial charge < -0.3 is 14.9 Å². The van der Waals surface area contributed by atoms with Crippen LogP contribution in [0.5, 0.6) is 0 Å². The molecule has 0 saturated carbocycles. The van der Waals surface area contributed by atoms with Gasteiger partial charge in [-0.05, 0) is 25.0 Å². The second-order valence-corrected chi connectivity index (χ2v) is 6.40. The van der Waals surface area contributed by atoms with E-state index in [2.05, 4.69) is 6.92 Å². The van der Waals surface area contributed by atoms with Crippen LogP contribution in [0.2, 0.25) is 0 Å². The maximum Gasteiger partial charge on any atom is 0.306 e. The Kier molecular flexibility index (Phi) is 7.56. The Morgan fingerprint density at radius 1 is 1.29 bits per heavy atom. The molecule has 1 heterocycles. The number of carbonyl (C=O) groups is 3. The lowest BCUT2D eigenvalue weighted by Gasteiger charge is -2.31. The molecule has 0 atom stereocenters. The molecular formula is C14H24N2O4S. The lowest BCUT2D eigenvalue weighted by Crippen LogP contribution is -2.45. The van der Waals surface area contributed by atoms with E-state index in [-0.39, 0.29) is 24.3 Å². The van der Waals surface area contributed by atoms with Crippen molar-refractivity contribution in [1.82, 2.24) is 9.80 Å². The number of rotatable bonds is 7. The average molecular weight is 316 g/mol. The Balaban J connectivity index is 2.33. The molecule has 1 aliphatic rings. The van der Waals surface area contributed by atoms with Gasteiger partial charge in [0, 0.05) is 20.1 Å². The topological polar surface area (TPSA) is 77.9 Å². The summed E-state index contributed by atoms with van der Waals surface area (Å²) in [6.07, 6.45) is 2.01. The molecular weight excluding hydrogens is 292 g/mol. The van der Waals surface area contributed by atoms with Crippen molar-refractivity contribution in [3.8, 4) is 0 Å². The van der Waals surface area contributed by atoms with Gasteiger partial charge in [0.05, 0.1) is 18.2 Å². The summed E-state index contributed by atoms with van der Waals surface area (Å²) in [5.74, 6) is 0.0631. The zero-order valence-corrected chi connectivity index (χ0v) is 13.5. The molecule has 0 aromatic carbocycles. The van der Waals surface area contributed by atoms with Crippen LogP contribution in [-0.4, -0.2) is 70.9 Å². The number of carbonyl (C=O) groups excluding carboxylic acids is 2. The molecule has 0 radical (unpaired) electrons. The van der Waals surface area contributed by atoms with E-state index < -0.39 is 5.97 Å². The highest BCUT2D eigenvalue weighted by molar-refractivity contribution is 7.99. The highest BCUT2D eigenvalue weighted by Gasteiger charge is 2.27. The molecule has 0 unspecified atom stereocenters. The summed E-state index contributed by atoms with van der Waals surface area (Å²) in [4.78, 5) is 37.9. The van der Waals surface area contributed by atoms with Crippen LogP contribution in [0.3, 0.4) is 0 Å². The highest BCUT2D eigenvalue weighted by Crippen LogP contribution is 2.17. The molecule has 1 fully saturated rings. The second-order valence-electron chi connectivity index (χ2n) is 5.30. The number of amides is 2. The van der Waals surface area contributed by atoms with Gasteiger partial charge in [-0.3, -0.25) is 14.4 Å². The van der Waals surface area contributed by atoms with Gasteiger partial charge in [-0.1, -0.05) is 6.92 Å². The van der Waals surface area contributed by atoms with Crippen LogP contribution in [0.4, 0.5) is 0 Å². The number of nitrogens with zero attached hydrogens (tertiary/aromatic N) is 2. The van der Waals surface area contributed by atoms with Crippen molar-refractivity contribution in [3.05, 3.63) is 0 Å². The van der Waals surface area contributed by atoms with Crippen molar-refractivity contribution in [2.45, 2.75) is 26.2 Å². The Morgan fingerprint density at radius 3 is 2.43 bits per heavy atom. The maximum atomic E-state index is 12.1. The van der Waals surface area contributed by atoms with Crippen molar-refractivity contribution in [3.63, 3.8) is 0 Å². The van der Waals surface area contributed by atoms with Crippen LogP contribution in [0, 0.1) is 5.92 Å². The summed E-state index contributed by atoms with van der Waals surface area (Å²) in [6, 6.07) is 0. The molecule has 21 heavy (non-hydrogen) atoms. The van der Waals surface area contributed by atoms with E-state index in [9.17, 15) is 14.4 Å². The van der Waals surface area contributed by atoms with Crippen LogP contribution >= 0.6 is 11.8 Å². The highest BCUT2D eigenvalue weighted by atomic mass is 32.2.